The van der Waals surface area contributed by atoms with E-state index in [4.69, 9.17) is 4.52 Å². The van der Waals surface area contributed by atoms with Crippen LogP contribution in [0.1, 0.15) is 70.8 Å². The Hall–Kier alpha value is -2.32. The van der Waals surface area contributed by atoms with Gasteiger partial charge in [-0.15, -0.1) is 11.3 Å². The second kappa shape index (κ2) is 6.63. The van der Waals surface area contributed by atoms with Crippen LogP contribution < -0.4 is 5.32 Å². The molecule has 2 aliphatic rings. The van der Waals surface area contributed by atoms with E-state index in [1.807, 2.05) is 19.9 Å². The van der Waals surface area contributed by atoms with Gasteiger partial charge in [-0.3, -0.25) is 10.1 Å². The summed E-state index contributed by atoms with van der Waals surface area (Å²) in [4.78, 5) is 26.0. The van der Waals surface area contributed by atoms with Crippen LogP contribution in [-0.4, -0.2) is 39.5 Å². The molecule has 1 aliphatic heterocycles. The lowest BCUT2D eigenvalue weighted by Gasteiger charge is -2.20. The van der Waals surface area contributed by atoms with Gasteiger partial charge in [0.15, 0.2) is 5.13 Å². The zero-order valence-electron chi connectivity index (χ0n) is 16.3. The van der Waals surface area contributed by atoms with Crippen LogP contribution in [0.25, 0.3) is 11.1 Å². The lowest BCUT2D eigenvalue weighted by Crippen LogP contribution is -2.25. The van der Waals surface area contributed by atoms with Crippen molar-refractivity contribution in [3.8, 4) is 0 Å². The summed E-state index contributed by atoms with van der Waals surface area (Å²) in [5.74, 6) is 0.397. The number of thiazole rings is 1. The van der Waals surface area contributed by atoms with Gasteiger partial charge >= 0.3 is 0 Å². The maximum Gasteiger partial charge on any atom is 0.259 e. The van der Waals surface area contributed by atoms with E-state index in [9.17, 15) is 4.79 Å². The number of amides is 1. The van der Waals surface area contributed by atoms with Gasteiger partial charge in [0.25, 0.3) is 11.6 Å². The van der Waals surface area contributed by atoms with Crippen LogP contribution in [0.2, 0.25) is 0 Å². The molecule has 3 aromatic rings. The molecule has 5 rings (SSSR count). The number of hydrogen-bond acceptors (Lipinski definition) is 7. The van der Waals surface area contributed by atoms with Crippen LogP contribution in [0.5, 0.6) is 0 Å². The monoisotopic (exact) mass is 397 g/mol. The number of fused-ring (bicyclic) bond motifs is 2. The lowest BCUT2D eigenvalue weighted by molar-refractivity contribution is 0.102. The van der Waals surface area contributed by atoms with Crippen LogP contribution in [0.3, 0.4) is 0 Å². The van der Waals surface area contributed by atoms with Crippen LogP contribution >= 0.6 is 11.3 Å². The highest BCUT2D eigenvalue weighted by atomic mass is 32.1. The summed E-state index contributed by atoms with van der Waals surface area (Å²) < 4.78 is 5.49. The van der Waals surface area contributed by atoms with E-state index in [0.29, 0.717) is 22.3 Å². The maximum absolute atomic E-state index is 13.2. The minimum absolute atomic E-state index is 0.143. The van der Waals surface area contributed by atoms with Gasteiger partial charge in [0.1, 0.15) is 0 Å². The predicted octanol–water partition coefficient (Wildman–Crippen LogP) is 3.92. The van der Waals surface area contributed by atoms with E-state index in [-0.39, 0.29) is 11.8 Å². The third-order valence-corrected chi connectivity index (χ3v) is 6.42. The highest BCUT2D eigenvalue weighted by Crippen LogP contribution is 2.41. The van der Waals surface area contributed by atoms with Crippen molar-refractivity contribution in [3.05, 3.63) is 33.6 Å². The van der Waals surface area contributed by atoms with Gasteiger partial charge in [-0.2, -0.15) is 0 Å². The van der Waals surface area contributed by atoms with Crippen LogP contribution in [0.4, 0.5) is 5.13 Å². The quantitative estimate of drug-likeness (QED) is 0.718. The van der Waals surface area contributed by atoms with Crippen molar-refractivity contribution in [2.45, 2.75) is 51.5 Å². The normalized spacial score (nSPS) is 17.3. The molecule has 0 spiro atoms. The molecule has 1 aliphatic carbocycles. The molecule has 7 nitrogen and oxygen atoms in total. The van der Waals surface area contributed by atoms with Crippen LogP contribution in [0, 0.1) is 0 Å². The molecule has 146 valence electrons. The number of anilines is 1. The maximum atomic E-state index is 13.2. The topological polar surface area (TPSA) is 84.1 Å². The van der Waals surface area contributed by atoms with Crippen molar-refractivity contribution in [2.24, 2.45) is 0 Å². The molecule has 0 bridgehead atoms. The second-order valence-electron chi connectivity index (χ2n) is 8.10. The molecule has 1 fully saturated rings. The molecular weight excluding hydrogens is 374 g/mol. The van der Waals surface area contributed by atoms with E-state index in [1.165, 1.54) is 4.88 Å². The summed E-state index contributed by atoms with van der Waals surface area (Å²) in [5, 5.41) is 8.59. The first-order chi connectivity index (χ1) is 13.5. The number of pyridine rings is 1. The highest BCUT2D eigenvalue weighted by Gasteiger charge is 2.30. The number of carbonyl (C=O) groups excluding carboxylic acids is 1. The summed E-state index contributed by atoms with van der Waals surface area (Å²) >= 11 is 1.56. The van der Waals surface area contributed by atoms with Gasteiger partial charge in [-0.1, -0.05) is 19.0 Å². The molecule has 1 saturated carbocycles. The average Bonchev–Trinajstić information content (AvgIpc) is 3.29. The Bertz CT molecular complexity index is 1070. The molecule has 28 heavy (non-hydrogen) atoms. The number of rotatable bonds is 4. The Morgan fingerprint density at radius 3 is 2.93 bits per heavy atom. The molecular formula is C20H23N5O2S. The van der Waals surface area contributed by atoms with Gasteiger partial charge in [0.2, 0.25) is 0 Å². The molecule has 0 aromatic carbocycles. The van der Waals surface area contributed by atoms with Crippen molar-refractivity contribution in [1.82, 2.24) is 20.0 Å². The highest BCUT2D eigenvalue weighted by molar-refractivity contribution is 7.15. The Morgan fingerprint density at radius 2 is 2.18 bits per heavy atom. The summed E-state index contributed by atoms with van der Waals surface area (Å²) in [6.07, 6.45) is 3.14. The van der Waals surface area contributed by atoms with Crippen LogP contribution in [-0.2, 0) is 13.0 Å². The Kier molecular flexibility index (Phi) is 4.21. The van der Waals surface area contributed by atoms with Crippen molar-refractivity contribution < 1.29 is 9.32 Å². The van der Waals surface area contributed by atoms with Crippen molar-refractivity contribution in [1.29, 1.82) is 0 Å². The molecule has 1 N–H and O–H groups in total. The summed E-state index contributed by atoms with van der Waals surface area (Å²) in [7, 11) is 2.10. The molecule has 3 aromatic heterocycles. The largest absolute Gasteiger partial charge is 0.335 e. The Morgan fingerprint density at radius 1 is 1.36 bits per heavy atom. The van der Waals surface area contributed by atoms with Gasteiger partial charge < -0.3 is 9.42 Å². The molecule has 0 atom stereocenters. The summed E-state index contributed by atoms with van der Waals surface area (Å²) in [6, 6.07) is 1.92. The van der Waals surface area contributed by atoms with Crippen molar-refractivity contribution >= 4 is 33.5 Å². The second-order valence-corrected chi connectivity index (χ2v) is 9.19. The fourth-order valence-corrected chi connectivity index (χ4v) is 4.78. The first-order valence-electron chi connectivity index (χ1n) is 9.78. The number of aromatic nitrogens is 3. The zero-order valence-corrected chi connectivity index (χ0v) is 17.1. The SMILES string of the molecule is CC(C)c1noc2nc(C3CC3)cc(C(=O)Nc3nc4c(s3)CN(C)CC4)c12. The zero-order chi connectivity index (χ0) is 19.4. The molecule has 1 amide bonds. The van der Waals surface area contributed by atoms with Gasteiger partial charge in [-0.25, -0.2) is 9.97 Å². The summed E-state index contributed by atoms with van der Waals surface area (Å²) in [5.41, 5.74) is 3.84. The fraction of sp³-hybridized carbons (Fsp3) is 0.500. The number of hydrogen-bond donors (Lipinski definition) is 1. The number of carbonyl (C=O) groups is 1. The third kappa shape index (κ3) is 3.10. The fourth-order valence-electron chi connectivity index (χ4n) is 3.69. The number of nitrogens with zero attached hydrogens (tertiary/aromatic N) is 4. The van der Waals surface area contributed by atoms with E-state index in [1.54, 1.807) is 11.3 Å². The van der Waals surface area contributed by atoms with Gasteiger partial charge in [0.05, 0.1) is 22.3 Å². The average molecular weight is 398 g/mol. The van der Waals surface area contributed by atoms with E-state index in [2.05, 4.69) is 32.4 Å². The van der Waals surface area contributed by atoms with Crippen molar-refractivity contribution in [3.63, 3.8) is 0 Å². The number of nitrogens with one attached hydrogen (secondary N) is 1. The molecule has 0 radical (unpaired) electrons. The molecule has 4 heterocycles. The molecule has 0 unspecified atom stereocenters. The lowest BCUT2D eigenvalue weighted by atomic mass is 10.0. The van der Waals surface area contributed by atoms with Gasteiger partial charge in [0, 0.05) is 36.0 Å². The minimum Gasteiger partial charge on any atom is -0.335 e. The van der Waals surface area contributed by atoms with E-state index in [0.717, 1.165) is 54.8 Å². The molecule has 8 heteroatoms. The molecule has 0 saturated heterocycles. The Balaban J connectivity index is 1.52. The first-order valence-corrected chi connectivity index (χ1v) is 10.6. The van der Waals surface area contributed by atoms with E-state index >= 15 is 0 Å². The standard InChI is InChI=1S/C20H23N5O2S/c1-10(2)17-16-12(8-14(11-4-5-11)21-19(16)27-24-17)18(26)23-20-22-13-6-7-25(3)9-15(13)28-20/h8,10-11H,4-7,9H2,1-3H3,(H,22,23,26). The van der Waals surface area contributed by atoms with Crippen molar-refractivity contribution in [2.75, 3.05) is 18.9 Å². The predicted molar refractivity (Wildman–Crippen MR) is 108 cm³/mol. The van der Waals surface area contributed by atoms with E-state index < -0.39 is 0 Å². The van der Waals surface area contributed by atoms with Gasteiger partial charge in [-0.05, 0) is 31.9 Å². The summed E-state index contributed by atoms with van der Waals surface area (Å²) in [6.45, 7) is 5.97. The number of likely N-dealkylation sites (N-methyl/N-ethyl adjacent to an activating group) is 1. The van der Waals surface area contributed by atoms with Crippen LogP contribution in [0.15, 0.2) is 10.6 Å². The Labute approximate surface area is 167 Å². The third-order valence-electron chi connectivity index (χ3n) is 5.42. The smallest absolute Gasteiger partial charge is 0.259 e. The minimum atomic E-state index is -0.168. The first kappa shape index (κ1) is 17.8.